The van der Waals surface area contributed by atoms with Crippen molar-refractivity contribution in [2.24, 2.45) is 0 Å². The lowest BCUT2D eigenvalue weighted by Crippen LogP contribution is -2.27. The molecule has 4 aromatic rings. The topological polar surface area (TPSA) is 103 Å². The predicted octanol–water partition coefficient (Wildman–Crippen LogP) is 3.22. The van der Waals surface area contributed by atoms with Gasteiger partial charge in [0.1, 0.15) is 5.69 Å². The van der Waals surface area contributed by atoms with Crippen LogP contribution in [-0.2, 0) is 26.1 Å². The third-order valence-electron chi connectivity index (χ3n) is 6.55. The van der Waals surface area contributed by atoms with E-state index in [2.05, 4.69) is 30.6 Å². The van der Waals surface area contributed by atoms with Crippen molar-refractivity contribution in [3.63, 3.8) is 0 Å². The monoisotopic (exact) mass is 540 g/mol. The van der Waals surface area contributed by atoms with E-state index in [0.29, 0.717) is 17.1 Å². The van der Waals surface area contributed by atoms with Gasteiger partial charge in [-0.3, -0.25) is 14.5 Å². The molecule has 3 aromatic heterocycles. The molecular formula is C26H27F3N8O2. The van der Waals surface area contributed by atoms with Crippen LogP contribution in [0.25, 0.3) is 5.69 Å². The molecule has 0 atom stereocenters. The summed E-state index contributed by atoms with van der Waals surface area (Å²) in [5.74, 6) is -1.57. The van der Waals surface area contributed by atoms with Crippen molar-refractivity contribution in [1.82, 2.24) is 40.0 Å². The normalized spacial score (nSPS) is 13.5. The number of carbonyl (C=O) groups is 1. The van der Waals surface area contributed by atoms with E-state index in [1.54, 1.807) is 19.2 Å². The first-order chi connectivity index (χ1) is 18.7. The molecule has 10 nitrogen and oxygen atoms in total. The van der Waals surface area contributed by atoms with Crippen LogP contribution in [-0.4, -0.2) is 61.3 Å². The Balaban J connectivity index is 1.37. The van der Waals surface area contributed by atoms with Crippen molar-refractivity contribution in [3.05, 3.63) is 81.9 Å². The number of nitrogens with one attached hydrogen (secondary N) is 1. The van der Waals surface area contributed by atoms with Gasteiger partial charge in [-0.15, -0.1) is 5.10 Å². The Kier molecular flexibility index (Phi) is 7.33. The van der Waals surface area contributed by atoms with Gasteiger partial charge in [-0.1, -0.05) is 11.3 Å². The molecule has 0 fully saturated rings. The summed E-state index contributed by atoms with van der Waals surface area (Å²) in [7, 11) is 3.36. The zero-order valence-electron chi connectivity index (χ0n) is 21.7. The van der Waals surface area contributed by atoms with Gasteiger partial charge in [-0.05, 0) is 37.7 Å². The number of likely N-dealkylation sites (N-methyl/N-ethyl adjacent to an activating group) is 1. The molecule has 0 unspecified atom stereocenters. The lowest BCUT2D eigenvalue weighted by atomic mass is 10.1. The molecular weight excluding hydrogens is 513 g/mol. The number of amides is 1. The molecule has 1 aliphatic heterocycles. The smallest absolute Gasteiger partial charge is 0.282 e. The Labute approximate surface area is 222 Å². The number of nitrogens with zero attached hydrogens (tertiary/aromatic N) is 7. The van der Waals surface area contributed by atoms with Gasteiger partial charge in [0.2, 0.25) is 0 Å². The summed E-state index contributed by atoms with van der Waals surface area (Å²) in [6.45, 7) is 3.22. The third kappa shape index (κ3) is 5.48. The van der Waals surface area contributed by atoms with Crippen LogP contribution >= 0.6 is 0 Å². The van der Waals surface area contributed by atoms with Crippen LogP contribution in [0, 0.1) is 12.7 Å². The first-order valence-corrected chi connectivity index (χ1v) is 12.3. The number of aromatic nitrogens is 6. The number of carbonyl (C=O) groups excluding carboxylic acids is 1. The standard InChI is InChI=1S/C26H27F3N8O2/c1-15-11-37(34-32-15)21-6-7-22(39-3)23(27)18(21)10-30-26(38)19-14-36(33-24(19)25(28)29)13-17-5-4-16-12-35(2)9-8-20(16)31-17/h4-7,11,14,25H,8-10,12-13H2,1-3H3,(H,30,38). The lowest BCUT2D eigenvalue weighted by molar-refractivity contribution is 0.0936. The minimum Gasteiger partial charge on any atom is -0.494 e. The molecule has 1 aromatic carbocycles. The zero-order chi connectivity index (χ0) is 27.7. The first kappa shape index (κ1) is 26.4. The van der Waals surface area contributed by atoms with Crippen molar-refractivity contribution in [1.29, 1.82) is 0 Å². The van der Waals surface area contributed by atoms with E-state index in [9.17, 15) is 13.6 Å². The summed E-state index contributed by atoms with van der Waals surface area (Å²) in [5.41, 5.74) is 2.79. The maximum atomic E-state index is 15.2. The van der Waals surface area contributed by atoms with Crippen molar-refractivity contribution in [3.8, 4) is 11.4 Å². The Morgan fingerprint density at radius 1 is 1.21 bits per heavy atom. The number of ether oxygens (including phenoxy) is 1. The van der Waals surface area contributed by atoms with Gasteiger partial charge in [0.25, 0.3) is 12.3 Å². The fraction of sp³-hybridized carbons (Fsp3) is 0.346. The van der Waals surface area contributed by atoms with E-state index in [-0.39, 0.29) is 30.0 Å². The second-order valence-electron chi connectivity index (χ2n) is 9.39. The molecule has 39 heavy (non-hydrogen) atoms. The number of rotatable bonds is 8. The highest BCUT2D eigenvalue weighted by molar-refractivity contribution is 5.95. The minimum atomic E-state index is -2.98. The lowest BCUT2D eigenvalue weighted by Gasteiger charge is -2.24. The van der Waals surface area contributed by atoms with E-state index in [4.69, 9.17) is 4.74 Å². The number of aryl methyl sites for hydroxylation is 1. The number of hydrogen-bond acceptors (Lipinski definition) is 7. The summed E-state index contributed by atoms with van der Waals surface area (Å²) < 4.78 is 50.6. The van der Waals surface area contributed by atoms with Crippen LogP contribution in [0.4, 0.5) is 13.2 Å². The average molecular weight is 541 g/mol. The van der Waals surface area contributed by atoms with E-state index in [1.165, 1.54) is 28.7 Å². The highest BCUT2D eigenvalue weighted by atomic mass is 19.3. The quantitative estimate of drug-likeness (QED) is 0.366. The van der Waals surface area contributed by atoms with Crippen LogP contribution in [0.1, 0.15) is 50.7 Å². The molecule has 0 aliphatic carbocycles. The van der Waals surface area contributed by atoms with Crippen LogP contribution in [0.2, 0.25) is 0 Å². The van der Waals surface area contributed by atoms with Gasteiger partial charge in [0, 0.05) is 43.5 Å². The fourth-order valence-electron chi connectivity index (χ4n) is 4.57. The Bertz CT molecular complexity index is 1520. The Morgan fingerprint density at radius 2 is 2.03 bits per heavy atom. The molecule has 0 radical (unpaired) electrons. The number of alkyl halides is 2. The van der Waals surface area contributed by atoms with Gasteiger partial charge in [-0.25, -0.2) is 17.9 Å². The molecule has 1 N–H and O–H groups in total. The van der Waals surface area contributed by atoms with E-state index >= 15 is 4.39 Å². The second kappa shape index (κ2) is 10.8. The SMILES string of the molecule is COc1ccc(-n2cc(C)nn2)c(CNC(=O)c2cn(Cc3ccc4c(n3)CCN(C)C4)nc2C(F)F)c1F. The fourth-order valence-corrected chi connectivity index (χ4v) is 4.57. The number of halogens is 3. The first-order valence-electron chi connectivity index (χ1n) is 12.3. The van der Waals surface area contributed by atoms with E-state index in [0.717, 1.165) is 30.8 Å². The van der Waals surface area contributed by atoms with Crippen molar-refractivity contribution in [2.45, 2.75) is 39.4 Å². The van der Waals surface area contributed by atoms with E-state index in [1.807, 2.05) is 19.2 Å². The molecule has 0 saturated heterocycles. The minimum absolute atomic E-state index is 0.0369. The second-order valence-corrected chi connectivity index (χ2v) is 9.39. The molecule has 0 bridgehead atoms. The van der Waals surface area contributed by atoms with Gasteiger partial charge in [0.15, 0.2) is 11.6 Å². The number of methoxy groups -OCH3 is 1. The van der Waals surface area contributed by atoms with Crippen LogP contribution in [0.5, 0.6) is 5.75 Å². The third-order valence-corrected chi connectivity index (χ3v) is 6.55. The largest absolute Gasteiger partial charge is 0.494 e. The van der Waals surface area contributed by atoms with Gasteiger partial charge in [0.05, 0.1) is 42.5 Å². The highest BCUT2D eigenvalue weighted by Gasteiger charge is 2.25. The van der Waals surface area contributed by atoms with Gasteiger partial charge < -0.3 is 15.0 Å². The van der Waals surface area contributed by atoms with Crippen molar-refractivity contribution >= 4 is 5.91 Å². The number of pyridine rings is 1. The van der Waals surface area contributed by atoms with Crippen LogP contribution in [0.15, 0.2) is 36.7 Å². The van der Waals surface area contributed by atoms with Crippen LogP contribution in [0.3, 0.4) is 0 Å². The summed E-state index contributed by atoms with van der Waals surface area (Å²) in [5, 5.41) is 14.4. The molecule has 5 rings (SSSR count). The van der Waals surface area contributed by atoms with Crippen molar-refractivity contribution < 1.29 is 22.7 Å². The summed E-state index contributed by atoms with van der Waals surface area (Å²) in [6.07, 6.45) is 0.667. The van der Waals surface area contributed by atoms with E-state index < -0.39 is 23.8 Å². The molecule has 13 heteroatoms. The Morgan fingerprint density at radius 3 is 2.74 bits per heavy atom. The van der Waals surface area contributed by atoms with Gasteiger partial charge >= 0.3 is 0 Å². The summed E-state index contributed by atoms with van der Waals surface area (Å²) in [6, 6.07) is 6.82. The highest BCUT2D eigenvalue weighted by Crippen LogP contribution is 2.27. The molecule has 1 amide bonds. The maximum Gasteiger partial charge on any atom is 0.282 e. The maximum absolute atomic E-state index is 15.2. The zero-order valence-corrected chi connectivity index (χ0v) is 21.7. The number of hydrogen-bond donors (Lipinski definition) is 1. The average Bonchev–Trinajstić information content (AvgIpc) is 3.54. The van der Waals surface area contributed by atoms with Crippen molar-refractivity contribution in [2.75, 3.05) is 20.7 Å². The number of fused-ring (bicyclic) bond motifs is 1. The molecule has 4 heterocycles. The summed E-state index contributed by atoms with van der Waals surface area (Å²) >= 11 is 0. The number of benzene rings is 1. The predicted molar refractivity (Wildman–Crippen MR) is 134 cm³/mol. The molecule has 204 valence electrons. The van der Waals surface area contributed by atoms with Gasteiger partial charge in [-0.2, -0.15) is 5.10 Å². The Hall–Kier alpha value is -4.26. The van der Waals surface area contributed by atoms with Crippen LogP contribution < -0.4 is 10.1 Å². The molecule has 0 spiro atoms. The molecule has 0 saturated carbocycles. The molecule has 1 aliphatic rings. The summed E-state index contributed by atoms with van der Waals surface area (Å²) in [4.78, 5) is 19.9.